The summed E-state index contributed by atoms with van der Waals surface area (Å²) in [7, 11) is 0. The number of benzene rings is 2. The molecule has 2 aromatic rings. The Bertz CT molecular complexity index is 1420. The molecule has 0 aromatic heterocycles. The van der Waals surface area contributed by atoms with Crippen LogP contribution in [-0.4, -0.2) is 46.7 Å². The van der Waals surface area contributed by atoms with Crippen LogP contribution in [0.4, 0.5) is 10.1 Å². The van der Waals surface area contributed by atoms with Crippen LogP contribution in [0.2, 0.25) is 0 Å². The van der Waals surface area contributed by atoms with Gasteiger partial charge in [-0.25, -0.2) is 9.40 Å². The van der Waals surface area contributed by atoms with Crippen LogP contribution < -0.4 is 0 Å². The van der Waals surface area contributed by atoms with Crippen molar-refractivity contribution in [2.75, 3.05) is 0 Å². The van der Waals surface area contributed by atoms with E-state index in [9.17, 15) is 28.9 Å². The van der Waals surface area contributed by atoms with E-state index >= 15 is 0 Å². The number of rotatable bonds is 5. The van der Waals surface area contributed by atoms with Gasteiger partial charge >= 0.3 is 0 Å². The summed E-state index contributed by atoms with van der Waals surface area (Å²) in [6, 6.07) is 9.80. The van der Waals surface area contributed by atoms with Gasteiger partial charge in [0.15, 0.2) is 4.33 Å². The zero-order valence-corrected chi connectivity index (χ0v) is 23.0. The molecule has 3 aliphatic rings. The third kappa shape index (κ3) is 3.33. The molecule has 1 aliphatic heterocycles. The Morgan fingerprint density at radius 2 is 1.45 bits per heavy atom. The third-order valence-electron chi connectivity index (χ3n) is 6.96. The van der Waals surface area contributed by atoms with E-state index in [-0.39, 0.29) is 26.9 Å². The van der Waals surface area contributed by atoms with Crippen LogP contribution in [-0.2, 0) is 16.1 Å². The van der Waals surface area contributed by atoms with E-state index in [4.69, 9.17) is 69.6 Å². The molecule has 5 rings (SSSR count). The van der Waals surface area contributed by atoms with Crippen molar-refractivity contribution in [3.05, 3.63) is 85.7 Å². The summed E-state index contributed by atoms with van der Waals surface area (Å²) >= 11 is 39.1. The molecule has 1 heterocycles. The highest BCUT2D eigenvalue weighted by atomic mass is 35.5. The topological polar surface area (TPSA) is 101 Å². The van der Waals surface area contributed by atoms with Crippen molar-refractivity contribution in [3.8, 4) is 0 Å². The van der Waals surface area contributed by atoms with E-state index in [2.05, 4.69) is 0 Å². The fraction of sp³-hybridized carbons (Fsp3) is 0.261. The Hall–Kier alpha value is -2.14. The number of nitro benzene ring substituents is 1. The molecule has 2 fully saturated rings. The Balaban J connectivity index is 1.61. The monoisotopic (exact) mass is 639 g/mol. The molecule has 0 N–H and O–H groups in total. The van der Waals surface area contributed by atoms with Gasteiger partial charge in [0.1, 0.15) is 15.6 Å². The molecule has 8 nitrogen and oxygen atoms in total. The number of non-ortho nitro benzene ring substituents is 1. The maximum absolute atomic E-state index is 14.6. The summed E-state index contributed by atoms with van der Waals surface area (Å²) in [6.45, 7) is -0.578. The summed E-state index contributed by atoms with van der Waals surface area (Å²) in [6.07, 6.45) is 0. The number of alkyl halides is 4. The number of amides is 3. The van der Waals surface area contributed by atoms with Gasteiger partial charge in [-0.3, -0.25) is 24.5 Å². The number of carbonyl (C=O) groups is 3. The average molecular weight is 642 g/mol. The molecule has 1 saturated heterocycles. The smallest absolute Gasteiger partial charge is 0.272 e. The number of hydrazine groups is 1. The molecule has 1 saturated carbocycles. The quantitative estimate of drug-likeness (QED) is 0.179. The number of allylic oxidation sites excluding steroid dienone is 2. The molecule has 2 bridgehead atoms. The molecule has 0 spiro atoms. The number of nitro groups is 1. The maximum atomic E-state index is 14.6. The number of nitrogens with zero attached hydrogens (tertiary/aromatic N) is 3. The second-order valence-corrected chi connectivity index (χ2v) is 12.1. The highest BCUT2D eigenvalue weighted by molar-refractivity contribution is 6.66. The van der Waals surface area contributed by atoms with E-state index in [0.717, 1.165) is 30.3 Å². The SMILES string of the molecule is O=C(c1ccc([N+](=O)[O-])cc1)N(Cc1ccccc1F)N1C(=O)[C@@H]2[C@H](C1=O)[C@@]1(Cl)C(Cl)=C(Cl)[C@@]2(Cl)C1(Cl)Cl. The van der Waals surface area contributed by atoms with E-state index < -0.39 is 60.9 Å². The zero-order chi connectivity index (χ0) is 27.9. The van der Waals surface area contributed by atoms with E-state index in [1.807, 2.05) is 0 Å². The zero-order valence-electron chi connectivity index (χ0n) is 18.5. The molecule has 4 atom stereocenters. The molecule has 2 aliphatic carbocycles. The molecule has 38 heavy (non-hydrogen) atoms. The van der Waals surface area contributed by atoms with Gasteiger partial charge in [0.25, 0.3) is 23.4 Å². The van der Waals surface area contributed by atoms with Crippen LogP contribution in [0, 0.1) is 27.8 Å². The lowest BCUT2D eigenvalue weighted by molar-refractivity contribution is -0.384. The Kier molecular flexibility index (Phi) is 6.45. The normalized spacial score (nSPS) is 29.2. The number of halogens is 7. The van der Waals surface area contributed by atoms with Gasteiger partial charge in [-0.1, -0.05) is 64.6 Å². The lowest BCUT2D eigenvalue weighted by atomic mass is 9.84. The van der Waals surface area contributed by atoms with Crippen molar-refractivity contribution in [2.45, 2.75) is 20.6 Å². The average Bonchev–Trinajstić information content (AvgIpc) is 3.26. The lowest BCUT2D eigenvalue weighted by Crippen LogP contribution is -2.55. The highest BCUT2D eigenvalue weighted by Gasteiger charge is 2.88. The molecule has 15 heteroatoms. The van der Waals surface area contributed by atoms with Gasteiger partial charge in [0.05, 0.1) is 33.4 Å². The second-order valence-electron chi connectivity index (χ2n) is 8.83. The Morgan fingerprint density at radius 1 is 0.947 bits per heavy atom. The minimum Gasteiger partial charge on any atom is -0.272 e. The predicted molar refractivity (Wildman–Crippen MR) is 139 cm³/mol. The lowest BCUT2D eigenvalue weighted by Gasteiger charge is -2.37. The molecular formula is C23H12Cl6FN3O5. The van der Waals surface area contributed by atoms with Crippen LogP contribution in [0.1, 0.15) is 15.9 Å². The Labute approximate surface area is 243 Å². The summed E-state index contributed by atoms with van der Waals surface area (Å²) in [5.74, 6) is -6.74. The van der Waals surface area contributed by atoms with Crippen LogP contribution >= 0.6 is 69.6 Å². The van der Waals surface area contributed by atoms with Crippen LogP contribution in [0.3, 0.4) is 0 Å². The van der Waals surface area contributed by atoms with Crippen molar-refractivity contribution in [3.63, 3.8) is 0 Å². The highest BCUT2D eigenvalue weighted by Crippen LogP contribution is 2.77. The van der Waals surface area contributed by atoms with Crippen molar-refractivity contribution in [2.24, 2.45) is 11.8 Å². The molecule has 2 aromatic carbocycles. The van der Waals surface area contributed by atoms with E-state index in [1.165, 1.54) is 18.2 Å². The number of hydrogen-bond acceptors (Lipinski definition) is 5. The van der Waals surface area contributed by atoms with Crippen molar-refractivity contribution < 1.29 is 23.7 Å². The molecular weight excluding hydrogens is 630 g/mol. The number of hydrogen-bond donors (Lipinski definition) is 0. The van der Waals surface area contributed by atoms with E-state index in [1.54, 1.807) is 0 Å². The summed E-state index contributed by atoms with van der Waals surface area (Å²) in [4.78, 5) is 47.4. The van der Waals surface area contributed by atoms with Gasteiger partial charge < -0.3 is 0 Å². The van der Waals surface area contributed by atoms with Gasteiger partial charge in [0, 0.05) is 23.3 Å². The minimum absolute atomic E-state index is 0.0391. The first-order valence-electron chi connectivity index (χ1n) is 10.7. The third-order valence-corrected chi connectivity index (χ3v) is 11.2. The van der Waals surface area contributed by atoms with Gasteiger partial charge in [-0.15, -0.1) is 23.2 Å². The predicted octanol–water partition coefficient (Wildman–Crippen LogP) is 5.74. The van der Waals surface area contributed by atoms with Crippen molar-refractivity contribution in [1.82, 2.24) is 10.0 Å². The minimum atomic E-state index is -2.18. The van der Waals surface area contributed by atoms with Gasteiger partial charge in [-0.05, 0) is 18.2 Å². The molecule has 198 valence electrons. The maximum Gasteiger partial charge on any atom is 0.273 e. The summed E-state index contributed by atoms with van der Waals surface area (Å²) in [5.41, 5.74) is -0.472. The van der Waals surface area contributed by atoms with Crippen LogP contribution in [0.25, 0.3) is 0 Å². The number of carbonyl (C=O) groups excluding carboxylic acids is 3. The van der Waals surface area contributed by atoms with Crippen molar-refractivity contribution >= 4 is 93.0 Å². The Morgan fingerprint density at radius 3 is 1.92 bits per heavy atom. The first-order chi connectivity index (χ1) is 17.7. The number of imide groups is 1. The molecule has 3 amide bonds. The fourth-order valence-electron chi connectivity index (χ4n) is 5.11. The fourth-order valence-corrected chi connectivity index (χ4v) is 8.04. The van der Waals surface area contributed by atoms with Crippen molar-refractivity contribution in [1.29, 1.82) is 0 Å². The molecule has 0 unspecified atom stereocenters. The first kappa shape index (κ1) is 27.4. The van der Waals surface area contributed by atoms with Crippen LogP contribution in [0.15, 0.2) is 58.6 Å². The van der Waals surface area contributed by atoms with Crippen LogP contribution in [0.5, 0.6) is 0 Å². The molecule has 0 radical (unpaired) electrons. The number of fused-ring (bicyclic) bond motifs is 5. The van der Waals surface area contributed by atoms with Gasteiger partial charge in [0.2, 0.25) is 0 Å². The summed E-state index contributed by atoms with van der Waals surface area (Å²) < 4.78 is 12.4. The largest absolute Gasteiger partial charge is 0.273 e. The first-order valence-corrected chi connectivity index (χ1v) is 13.0. The second kappa shape index (κ2) is 8.94. The summed E-state index contributed by atoms with van der Waals surface area (Å²) in [5, 5.41) is 11.6. The standard InChI is InChI=1S/C23H12Cl6FN3O5/c24-16-17(25)22(27)15-14(21(16,26)23(22,28)29)19(35)32(20(15)36)31(9-11-3-1-2-4-13(11)30)18(34)10-5-7-12(8-6-10)33(37)38/h1-8,14-15H,9H2/t14-,15+,21-,22-/m1/s1. The van der Waals surface area contributed by atoms with E-state index in [0.29, 0.717) is 10.0 Å². The van der Waals surface area contributed by atoms with Gasteiger partial charge in [-0.2, -0.15) is 5.01 Å².